The summed E-state index contributed by atoms with van der Waals surface area (Å²) in [4.78, 5) is 0. The zero-order chi connectivity index (χ0) is 36.8. The van der Waals surface area contributed by atoms with Crippen LogP contribution in [-0.4, -0.2) is 42.8 Å². The van der Waals surface area contributed by atoms with E-state index in [1.165, 1.54) is 75.3 Å². The van der Waals surface area contributed by atoms with Gasteiger partial charge in [0.25, 0.3) is 0 Å². The van der Waals surface area contributed by atoms with Gasteiger partial charge < -0.3 is 19.8 Å². The number of hydrogen-bond acceptors (Lipinski definition) is 6. The summed E-state index contributed by atoms with van der Waals surface area (Å²) < 4.78 is 40.0. The third kappa shape index (κ3) is 13.9. The first-order valence-electron chi connectivity index (χ1n) is 18.6. The average molecular weight is 837 g/mol. The molecule has 9 heteroatoms. The zero-order valence-corrected chi connectivity index (χ0v) is 34.7. The third-order valence-electron chi connectivity index (χ3n) is 9.15. The molecular weight excluding hydrogens is 780 g/mol. The maximum atomic E-state index is 9.08. The van der Waals surface area contributed by atoms with Gasteiger partial charge in [-0.25, -0.2) is 8.42 Å². The molecule has 2 N–H and O–H groups in total. The Morgan fingerprint density at radius 1 is 0.635 bits per heavy atom. The monoisotopic (exact) mass is 836 g/mol. The minimum Gasteiger partial charge on any atom is -0.748 e. The maximum Gasteiger partial charge on any atom is 0.131 e. The van der Waals surface area contributed by atoms with Crippen LogP contribution < -0.4 is 20.5 Å². The van der Waals surface area contributed by atoms with Gasteiger partial charge in [-0.05, 0) is 99.3 Å². The van der Waals surface area contributed by atoms with Crippen molar-refractivity contribution in [3.8, 4) is 33.8 Å². The van der Waals surface area contributed by atoms with E-state index in [2.05, 4.69) is 82.3 Å². The topological polar surface area (TPSA) is 102 Å². The molecule has 0 heterocycles. The first-order valence-corrected chi connectivity index (χ1v) is 21.9. The van der Waals surface area contributed by atoms with Gasteiger partial charge in [0.05, 0.1) is 27.9 Å². The molecule has 2 fully saturated rings. The van der Waals surface area contributed by atoms with Crippen LogP contribution in [0.3, 0.4) is 0 Å². The number of para-hydroxylation sites is 1. The average Bonchev–Trinajstić information content (AvgIpc) is 3.10. The van der Waals surface area contributed by atoms with E-state index in [9.17, 15) is 0 Å². The van der Waals surface area contributed by atoms with Crippen molar-refractivity contribution in [1.82, 2.24) is 0 Å². The molecule has 0 spiro atoms. The summed E-state index contributed by atoms with van der Waals surface area (Å²) in [6.07, 6.45) is 15.0. The summed E-state index contributed by atoms with van der Waals surface area (Å²) in [5.74, 6) is 1.91. The Balaban J connectivity index is 0.000000316. The van der Waals surface area contributed by atoms with Crippen molar-refractivity contribution in [2.45, 2.75) is 115 Å². The van der Waals surface area contributed by atoms with Crippen molar-refractivity contribution >= 4 is 29.0 Å². The SMILES string of the molecule is CC(C)Oc1cccc(OC(C)C)c1-c1ccccc1P(C1CCCCC1)C1CCCCC1.CS(=O)(=O)[O-].Nc1ccccc1-c1ccccc1.[Pd]. The van der Waals surface area contributed by atoms with E-state index in [-0.39, 0.29) is 40.6 Å². The van der Waals surface area contributed by atoms with Gasteiger partial charge in [-0.1, -0.05) is 125 Å². The minimum absolute atomic E-state index is 0. The smallest absolute Gasteiger partial charge is 0.131 e. The Morgan fingerprint density at radius 2 is 1.06 bits per heavy atom. The van der Waals surface area contributed by atoms with Gasteiger partial charge >= 0.3 is 0 Å². The molecule has 2 aliphatic carbocycles. The molecule has 0 bridgehead atoms. The Bertz CT molecular complexity index is 1690. The van der Waals surface area contributed by atoms with Crippen molar-refractivity contribution in [1.29, 1.82) is 0 Å². The minimum atomic E-state index is -3.92. The van der Waals surface area contributed by atoms with E-state index in [4.69, 9.17) is 28.2 Å². The molecule has 6 rings (SSSR count). The molecular formula is C43H57NO5PPdS-. The maximum absolute atomic E-state index is 9.08. The van der Waals surface area contributed by atoms with Crippen LogP contribution in [0, 0.1) is 0 Å². The number of benzene rings is 4. The van der Waals surface area contributed by atoms with Gasteiger partial charge in [0.15, 0.2) is 0 Å². The van der Waals surface area contributed by atoms with Gasteiger partial charge in [-0.3, -0.25) is 0 Å². The second-order valence-electron chi connectivity index (χ2n) is 14.1. The van der Waals surface area contributed by atoms with E-state index < -0.39 is 10.1 Å². The predicted octanol–water partition coefficient (Wildman–Crippen LogP) is 10.8. The molecule has 0 radical (unpaired) electrons. The number of rotatable bonds is 9. The van der Waals surface area contributed by atoms with E-state index in [1.54, 1.807) is 5.30 Å². The fourth-order valence-corrected chi connectivity index (χ4v) is 11.1. The standard InChI is InChI=1S/C30H43O2P.C12H11N.CH4O3S.Pd/c1-22(2)31-27-19-13-20-28(32-23(3)4)30(27)26-18-11-12-21-29(26)33(24-14-7-5-8-15-24)25-16-9-6-10-17-25;13-12-9-5-4-8-11(12)10-6-2-1-3-7-10;1-5(2,3)4;/h11-13,18-25H,5-10,14-17H2,1-4H3;1-9H,13H2;1H3,(H,2,3,4);/p-1. The molecule has 4 aromatic carbocycles. The number of hydrogen-bond donors (Lipinski definition) is 1. The Kier molecular flexibility index (Phi) is 18.4. The summed E-state index contributed by atoms with van der Waals surface area (Å²) in [6, 6.07) is 33.7. The predicted molar refractivity (Wildman–Crippen MR) is 216 cm³/mol. The fraction of sp³-hybridized carbons (Fsp3) is 0.442. The number of anilines is 1. The molecule has 2 saturated carbocycles. The van der Waals surface area contributed by atoms with Gasteiger partial charge in [-0.2, -0.15) is 0 Å². The van der Waals surface area contributed by atoms with Crippen molar-refractivity contribution in [3.05, 3.63) is 97.1 Å². The molecule has 0 aliphatic heterocycles. The van der Waals surface area contributed by atoms with Crippen molar-refractivity contribution < 1.29 is 42.9 Å². The van der Waals surface area contributed by atoms with E-state index in [0.29, 0.717) is 6.26 Å². The van der Waals surface area contributed by atoms with Crippen molar-refractivity contribution in [2.75, 3.05) is 12.0 Å². The largest absolute Gasteiger partial charge is 0.748 e. The Morgan fingerprint density at radius 3 is 1.52 bits per heavy atom. The molecule has 0 saturated heterocycles. The second kappa shape index (κ2) is 21.9. The first-order chi connectivity index (χ1) is 24.4. The summed E-state index contributed by atoms with van der Waals surface area (Å²) in [5.41, 5.74) is 13.2. The summed E-state index contributed by atoms with van der Waals surface area (Å²) in [6.45, 7) is 8.45. The van der Waals surface area contributed by atoms with E-state index in [1.807, 2.05) is 42.5 Å². The quantitative estimate of drug-likeness (QED) is 0.0780. The van der Waals surface area contributed by atoms with E-state index in [0.717, 1.165) is 39.6 Å². The van der Waals surface area contributed by atoms with Crippen LogP contribution in [0.1, 0.15) is 91.9 Å². The van der Waals surface area contributed by atoms with Crippen LogP contribution >= 0.6 is 7.92 Å². The summed E-state index contributed by atoms with van der Waals surface area (Å²) in [5, 5.41) is 1.60. The molecule has 0 aromatic heterocycles. The molecule has 0 unspecified atom stereocenters. The van der Waals surface area contributed by atoms with Crippen LogP contribution in [0.15, 0.2) is 97.1 Å². The van der Waals surface area contributed by atoms with Gasteiger partial charge in [0.2, 0.25) is 0 Å². The van der Waals surface area contributed by atoms with Gasteiger partial charge in [0.1, 0.15) is 11.5 Å². The Labute approximate surface area is 328 Å². The molecule has 52 heavy (non-hydrogen) atoms. The molecule has 6 nitrogen and oxygen atoms in total. The Hall–Kier alpha value is -2.72. The molecule has 2 aliphatic rings. The normalized spacial score (nSPS) is 15.2. The van der Waals surface area contributed by atoms with Crippen molar-refractivity contribution in [2.24, 2.45) is 0 Å². The molecule has 0 atom stereocenters. The van der Waals surface area contributed by atoms with Crippen LogP contribution in [-0.2, 0) is 30.5 Å². The van der Waals surface area contributed by atoms with E-state index >= 15 is 0 Å². The number of nitrogens with two attached hydrogens (primary N) is 1. The van der Waals surface area contributed by atoms with Crippen LogP contribution in [0.2, 0.25) is 0 Å². The third-order valence-corrected chi connectivity index (χ3v) is 12.7. The summed E-state index contributed by atoms with van der Waals surface area (Å²) in [7, 11) is -4.13. The molecule has 0 amide bonds. The number of nitrogen functional groups attached to an aromatic ring is 1. The van der Waals surface area contributed by atoms with Gasteiger partial charge in [-0.15, -0.1) is 0 Å². The number of ether oxygens (including phenoxy) is 2. The second-order valence-corrected chi connectivity index (χ2v) is 18.3. The van der Waals surface area contributed by atoms with Crippen LogP contribution in [0.4, 0.5) is 5.69 Å². The fourth-order valence-electron chi connectivity index (χ4n) is 7.18. The van der Waals surface area contributed by atoms with Crippen LogP contribution in [0.5, 0.6) is 11.5 Å². The zero-order valence-electron chi connectivity index (χ0n) is 31.4. The van der Waals surface area contributed by atoms with Gasteiger partial charge in [0, 0.05) is 37.9 Å². The molecule has 286 valence electrons. The van der Waals surface area contributed by atoms with Crippen molar-refractivity contribution in [3.63, 3.8) is 0 Å². The molecule has 4 aromatic rings. The first kappa shape index (κ1) is 43.7. The summed E-state index contributed by atoms with van der Waals surface area (Å²) >= 11 is 0. The van der Waals surface area contributed by atoms with Crippen LogP contribution in [0.25, 0.3) is 22.3 Å².